The predicted molar refractivity (Wildman–Crippen MR) is 143 cm³/mol. The van der Waals surface area contributed by atoms with Crippen molar-refractivity contribution in [2.45, 2.75) is 69.3 Å². The van der Waals surface area contributed by atoms with Gasteiger partial charge in [0.25, 0.3) is 0 Å². The molecule has 0 spiro atoms. The van der Waals surface area contributed by atoms with Gasteiger partial charge in [0.2, 0.25) is 6.79 Å². The average Bonchev–Trinajstić information content (AvgIpc) is 3.37. The molecular formula is C23H29IN6O5S. The minimum Gasteiger partial charge on any atom is -0.454 e. The monoisotopic (exact) mass is 625 g/mol. The van der Waals surface area contributed by atoms with E-state index in [1.807, 2.05) is 30.5 Å². The molecule has 0 amide bonds. The second-order valence-electron chi connectivity index (χ2n) is 9.36. The second-order valence-corrected chi connectivity index (χ2v) is 11.5. The van der Waals surface area contributed by atoms with E-state index in [4.69, 9.17) is 29.8 Å². The number of nitrogen functional groups attached to an aromatic ring is 1. The molecule has 0 atom stereocenters. The number of aromatic nitrogens is 4. The van der Waals surface area contributed by atoms with Crippen LogP contribution in [0.3, 0.4) is 0 Å². The van der Waals surface area contributed by atoms with Crippen molar-refractivity contribution in [3.8, 4) is 11.5 Å². The lowest BCUT2D eigenvalue weighted by Crippen LogP contribution is -2.37. The van der Waals surface area contributed by atoms with Gasteiger partial charge in [0.15, 0.2) is 33.6 Å². The first kappa shape index (κ1) is 26.5. The van der Waals surface area contributed by atoms with E-state index >= 15 is 0 Å². The number of aryl methyl sites for hydroxylation is 1. The molecule has 2 N–H and O–H groups in total. The number of carbonyl (C=O) groups is 1. The normalized spacial score (nSPS) is 13.1. The Kier molecular flexibility index (Phi) is 7.99. The fourth-order valence-corrected chi connectivity index (χ4v) is 5.16. The molecule has 1 aliphatic heterocycles. The molecule has 11 nitrogen and oxygen atoms in total. The number of nitrogens with two attached hydrogens (primary N) is 1. The van der Waals surface area contributed by atoms with Crippen molar-refractivity contribution in [3.63, 3.8) is 0 Å². The fourth-order valence-electron chi connectivity index (χ4n) is 3.45. The summed E-state index contributed by atoms with van der Waals surface area (Å²) in [6, 6.07) is 3.86. The number of ether oxygens (including phenoxy) is 3. The van der Waals surface area contributed by atoms with E-state index in [-0.39, 0.29) is 12.8 Å². The Hall–Kier alpha value is -2.52. The molecule has 3 heterocycles. The zero-order valence-electron chi connectivity index (χ0n) is 20.8. The lowest BCUT2D eigenvalue weighted by molar-refractivity contribution is -0.160. The van der Waals surface area contributed by atoms with Gasteiger partial charge in [-0.05, 0) is 75.8 Å². The highest BCUT2D eigenvalue weighted by Gasteiger charge is 2.24. The Balaban J connectivity index is 1.54. The number of imidazole rings is 1. The summed E-state index contributed by atoms with van der Waals surface area (Å²) in [6.07, 6.45) is 1.36. The fraction of sp³-hybridized carbons (Fsp3) is 0.478. The van der Waals surface area contributed by atoms with Gasteiger partial charge in [-0.15, -0.1) is 5.06 Å². The van der Waals surface area contributed by atoms with Gasteiger partial charge in [-0.1, -0.05) is 11.8 Å². The van der Waals surface area contributed by atoms with Crippen LogP contribution in [0.1, 0.15) is 41.0 Å². The van der Waals surface area contributed by atoms with E-state index < -0.39 is 11.8 Å². The van der Waals surface area contributed by atoms with Crippen molar-refractivity contribution in [1.29, 1.82) is 0 Å². The van der Waals surface area contributed by atoms with Crippen LogP contribution in [0.25, 0.3) is 11.2 Å². The zero-order valence-corrected chi connectivity index (χ0v) is 23.8. The minimum absolute atomic E-state index is 0.0286. The molecule has 3 aromatic rings. The molecular weight excluding hydrogens is 596 g/mol. The standard InChI is InChI=1S/C23H29IN6O5S/c1-13(2)30(35-22(31)34-23(3,4)5)8-6-7-29-20-18(19(25)26-11-27-20)28-21(29)36-17-10-16-15(9-14(17)24)32-12-33-16/h9-11,13H,6-8,12H2,1-5H3,(H2,25,26,27)/i24-3. The van der Waals surface area contributed by atoms with Gasteiger partial charge < -0.3 is 29.3 Å². The maximum absolute atomic E-state index is 12.2. The van der Waals surface area contributed by atoms with Gasteiger partial charge in [-0.3, -0.25) is 0 Å². The van der Waals surface area contributed by atoms with Crippen LogP contribution in [0, 0.1) is 3.57 Å². The third kappa shape index (κ3) is 6.24. The van der Waals surface area contributed by atoms with Crippen LogP contribution in [-0.4, -0.2) is 55.7 Å². The summed E-state index contributed by atoms with van der Waals surface area (Å²) in [5.41, 5.74) is 6.66. The predicted octanol–water partition coefficient (Wildman–Crippen LogP) is 4.86. The molecule has 2 aromatic heterocycles. The SMILES string of the molecule is CC(C)N(CCCn1c(Sc2cc3c(cc2[124I])OCO3)nc2c(N)ncnc21)OC(=O)OC(C)(C)C. The highest BCUT2D eigenvalue weighted by molar-refractivity contribution is 14.1. The Bertz CT molecular complexity index is 1260. The van der Waals surface area contributed by atoms with E-state index in [2.05, 4.69) is 32.6 Å². The second kappa shape index (κ2) is 10.8. The number of hydroxylamine groups is 2. The van der Waals surface area contributed by atoms with Crippen LogP contribution >= 0.6 is 34.4 Å². The van der Waals surface area contributed by atoms with Crippen LogP contribution in [0.15, 0.2) is 28.5 Å². The third-order valence-electron chi connectivity index (χ3n) is 5.07. The van der Waals surface area contributed by atoms with Crippen molar-refractivity contribution in [3.05, 3.63) is 22.0 Å². The van der Waals surface area contributed by atoms with Crippen LogP contribution < -0.4 is 15.2 Å². The molecule has 13 heteroatoms. The lowest BCUT2D eigenvalue weighted by Gasteiger charge is -2.27. The Labute approximate surface area is 227 Å². The number of hydrogen-bond acceptors (Lipinski definition) is 11. The van der Waals surface area contributed by atoms with Crippen LogP contribution in [0.4, 0.5) is 10.6 Å². The molecule has 36 heavy (non-hydrogen) atoms. The smallest absolute Gasteiger partial charge is 0.454 e. The van der Waals surface area contributed by atoms with Crippen LogP contribution in [0.2, 0.25) is 0 Å². The Morgan fingerprint density at radius 3 is 2.69 bits per heavy atom. The molecule has 0 saturated heterocycles. The van der Waals surface area contributed by atoms with Crippen molar-refractivity contribution in [2.75, 3.05) is 19.1 Å². The van der Waals surface area contributed by atoms with Crippen LogP contribution in [0.5, 0.6) is 11.5 Å². The van der Waals surface area contributed by atoms with E-state index in [1.54, 1.807) is 25.8 Å². The van der Waals surface area contributed by atoms with Gasteiger partial charge in [-0.25, -0.2) is 19.7 Å². The van der Waals surface area contributed by atoms with Gasteiger partial charge in [0, 0.05) is 27.6 Å². The molecule has 0 saturated carbocycles. The van der Waals surface area contributed by atoms with E-state index in [1.165, 1.54) is 18.1 Å². The molecule has 194 valence electrons. The summed E-state index contributed by atoms with van der Waals surface area (Å²) in [4.78, 5) is 31.9. The van der Waals surface area contributed by atoms with E-state index in [0.717, 1.165) is 19.4 Å². The van der Waals surface area contributed by atoms with Gasteiger partial charge >= 0.3 is 6.16 Å². The van der Waals surface area contributed by atoms with E-state index in [9.17, 15) is 4.79 Å². The number of rotatable bonds is 8. The molecule has 0 fully saturated rings. The van der Waals surface area contributed by atoms with Gasteiger partial charge in [0.05, 0.1) is 0 Å². The number of nitrogens with zero attached hydrogens (tertiary/aromatic N) is 5. The molecule has 0 unspecified atom stereocenters. The minimum atomic E-state index is -0.724. The molecule has 0 bridgehead atoms. The summed E-state index contributed by atoms with van der Waals surface area (Å²) >= 11 is 3.76. The third-order valence-corrected chi connectivity index (χ3v) is 7.38. The first-order valence-corrected chi connectivity index (χ1v) is 13.3. The van der Waals surface area contributed by atoms with Crippen molar-refractivity contribution < 1.29 is 23.8 Å². The summed E-state index contributed by atoms with van der Waals surface area (Å²) < 4.78 is 19.3. The van der Waals surface area contributed by atoms with Crippen molar-refractivity contribution in [2.24, 2.45) is 0 Å². The Morgan fingerprint density at radius 1 is 1.28 bits per heavy atom. The zero-order chi connectivity index (χ0) is 26.0. The summed E-state index contributed by atoms with van der Waals surface area (Å²) in [5, 5.41) is 2.34. The molecule has 0 aliphatic carbocycles. The first-order valence-electron chi connectivity index (χ1n) is 11.4. The number of hydrogen-bond donors (Lipinski definition) is 1. The van der Waals surface area contributed by atoms with Crippen molar-refractivity contribution in [1.82, 2.24) is 24.6 Å². The average molecular weight is 625 g/mol. The molecule has 4 rings (SSSR count). The first-order chi connectivity index (χ1) is 17.0. The number of benzene rings is 1. The Morgan fingerprint density at radius 2 is 2.00 bits per heavy atom. The molecule has 1 aliphatic rings. The summed E-state index contributed by atoms with van der Waals surface area (Å²) in [7, 11) is 0. The maximum atomic E-state index is 12.2. The lowest BCUT2D eigenvalue weighted by atomic mass is 10.2. The number of anilines is 1. The quantitative estimate of drug-likeness (QED) is 0.210. The number of fused-ring (bicyclic) bond motifs is 2. The highest BCUT2D eigenvalue weighted by Crippen LogP contribution is 2.41. The highest BCUT2D eigenvalue weighted by atomic mass is 124. The maximum Gasteiger partial charge on any atom is 0.528 e. The topological polar surface area (TPSA) is 127 Å². The largest absolute Gasteiger partial charge is 0.528 e. The van der Waals surface area contributed by atoms with Gasteiger partial charge in [0.1, 0.15) is 11.9 Å². The van der Waals surface area contributed by atoms with E-state index in [0.29, 0.717) is 42.2 Å². The number of carbonyl (C=O) groups excluding carboxylic acids is 1. The van der Waals surface area contributed by atoms with Crippen LogP contribution in [-0.2, 0) is 16.1 Å². The summed E-state index contributed by atoms with van der Waals surface area (Å²) in [5.74, 6) is 1.75. The molecule has 0 radical (unpaired) electrons. The summed E-state index contributed by atoms with van der Waals surface area (Å²) in [6.45, 7) is 10.6. The van der Waals surface area contributed by atoms with Crippen molar-refractivity contribution >= 4 is 57.5 Å². The molecule has 1 aromatic carbocycles. The number of halogens is 1. The van der Waals surface area contributed by atoms with Gasteiger partial charge in [-0.2, -0.15) is 0 Å².